The summed E-state index contributed by atoms with van der Waals surface area (Å²) in [7, 11) is 0. The number of anilines is 2. The summed E-state index contributed by atoms with van der Waals surface area (Å²) in [6.07, 6.45) is 3.30. The van der Waals surface area contributed by atoms with E-state index in [-0.39, 0.29) is 5.91 Å². The van der Waals surface area contributed by atoms with Crippen molar-refractivity contribution in [3.63, 3.8) is 0 Å². The Morgan fingerprint density at radius 1 is 1.00 bits per heavy atom. The van der Waals surface area contributed by atoms with E-state index in [1.807, 2.05) is 56.3 Å². The maximum atomic E-state index is 12.5. The first-order chi connectivity index (χ1) is 12.1. The number of carbonyl (C=O) groups is 1. The zero-order valence-corrected chi connectivity index (χ0v) is 14.4. The molecule has 4 nitrogen and oxygen atoms in total. The summed E-state index contributed by atoms with van der Waals surface area (Å²) < 4.78 is 0. The standard InChI is InChI=1S/C21H21N3O/c1-15-8-9-16(2)20(10-15)24-21(25)18-11-19(14-22-13-18)23-12-17-6-4-3-5-7-17/h3-11,13-14,23H,12H2,1-2H3,(H,24,25). The lowest BCUT2D eigenvalue weighted by molar-refractivity contribution is 0.102. The molecule has 25 heavy (non-hydrogen) atoms. The third kappa shape index (κ3) is 4.44. The van der Waals surface area contributed by atoms with E-state index in [1.54, 1.807) is 12.4 Å². The molecule has 126 valence electrons. The first-order valence-electron chi connectivity index (χ1n) is 8.23. The number of nitrogens with one attached hydrogen (secondary N) is 2. The molecule has 0 spiro atoms. The van der Waals surface area contributed by atoms with Crippen molar-refractivity contribution in [3.05, 3.63) is 89.2 Å². The smallest absolute Gasteiger partial charge is 0.257 e. The number of rotatable bonds is 5. The fourth-order valence-corrected chi connectivity index (χ4v) is 2.53. The van der Waals surface area contributed by atoms with Gasteiger partial charge in [-0.1, -0.05) is 42.5 Å². The second kappa shape index (κ2) is 7.62. The third-order valence-corrected chi connectivity index (χ3v) is 3.98. The SMILES string of the molecule is Cc1ccc(C)c(NC(=O)c2cncc(NCc3ccccc3)c2)c1. The van der Waals surface area contributed by atoms with Crippen LogP contribution in [-0.4, -0.2) is 10.9 Å². The van der Waals surface area contributed by atoms with Gasteiger partial charge in [-0.25, -0.2) is 0 Å². The Bertz CT molecular complexity index is 875. The summed E-state index contributed by atoms with van der Waals surface area (Å²) in [6, 6.07) is 17.9. The molecular formula is C21H21N3O. The van der Waals surface area contributed by atoms with E-state index >= 15 is 0 Å². The van der Waals surface area contributed by atoms with Crippen molar-refractivity contribution in [1.29, 1.82) is 0 Å². The van der Waals surface area contributed by atoms with Gasteiger partial charge in [-0.15, -0.1) is 0 Å². The molecule has 0 saturated carbocycles. The van der Waals surface area contributed by atoms with E-state index in [0.29, 0.717) is 12.1 Å². The molecule has 2 N–H and O–H groups in total. The van der Waals surface area contributed by atoms with Crippen molar-refractivity contribution >= 4 is 17.3 Å². The molecule has 1 amide bonds. The summed E-state index contributed by atoms with van der Waals surface area (Å²) >= 11 is 0. The fourth-order valence-electron chi connectivity index (χ4n) is 2.53. The Balaban J connectivity index is 1.70. The van der Waals surface area contributed by atoms with Gasteiger partial charge in [-0.3, -0.25) is 9.78 Å². The van der Waals surface area contributed by atoms with Gasteiger partial charge in [0.15, 0.2) is 0 Å². The molecule has 0 radical (unpaired) electrons. The minimum Gasteiger partial charge on any atom is -0.380 e. The number of aromatic nitrogens is 1. The Labute approximate surface area is 147 Å². The molecule has 0 aliphatic heterocycles. The Kier molecular flexibility index (Phi) is 5.09. The highest BCUT2D eigenvalue weighted by Crippen LogP contribution is 2.18. The molecular weight excluding hydrogens is 310 g/mol. The monoisotopic (exact) mass is 331 g/mol. The van der Waals surface area contributed by atoms with E-state index in [0.717, 1.165) is 22.5 Å². The molecule has 0 unspecified atom stereocenters. The van der Waals surface area contributed by atoms with Crippen LogP contribution in [0.5, 0.6) is 0 Å². The molecule has 4 heteroatoms. The molecule has 0 fully saturated rings. The van der Waals surface area contributed by atoms with Crippen LogP contribution in [-0.2, 0) is 6.54 Å². The van der Waals surface area contributed by atoms with E-state index < -0.39 is 0 Å². The lowest BCUT2D eigenvalue weighted by Crippen LogP contribution is -2.13. The van der Waals surface area contributed by atoms with Gasteiger partial charge in [0, 0.05) is 24.6 Å². The molecule has 0 aliphatic rings. The van der Waals surface area contributed by atoms with Gasteiger partial charge in [-0.2, -0.15) is 0 Å². The second-order valence-corrected chi connectivity index (χ2v) is 6.07. The summed E-state index contributed by atoms with van der Waals surface area (Å²) in [6.45, 7) is 4.67. The number of carbonyl (C=O) groups excluding carboxylic acids is 1. The van der Waals surface area contributed by atoms with Crippen LogP contribution in [0.3, 0.4) is 0 Å². The van der Waals surface area contributed by atoms with Crippen LogP contribution in [0, 0.1) is 13.8 Å². The number of hydrogen-bond acceptors (Lipinski definition) is 3. The summed E-state index contributed by atoms with van der Waals surface area (Å²) in [5.74, 6) is -0.162. The van der Waals surface area contributed by atoms with Gasteiger partial charge < -0.3 is 10.6 Å². The zero-order valence-electron chi connectivity index (χ0n) is 14.4. The van der Waals surface area contributed by atoms with Crippen LogP contribution in [0.15, 0.2) is 67.0 Å². The molecule has 1 heterocycles. The van der Waals surface area contributed by atoms with Crippen molar-refractivity contribution in [1.82, 2.24) is 4.98 Å². The number of nitrogens with zero attached hydrogens (tertiary/aromatic N) is 1. The fraction of sp³-hybridized carbons (Fsp3) is 0.143. The van der Waals surface area contributed by atoms with Gasteiger partial charge in [-0.05, 0) is 42.7 Å². The molecule has 2 aromatic carbocycles. The minimum atomic E-state index is -0.162. The normalized spacial score (nSPS) is 10.3. The molecule has 3 rings (SSSR count). The lowest BCUT2D eigenvalue weighted by atomic mass is 10.1. The molecule has 3 aromatic rings. The van der Waals surface area contributed by atoms with Crippen LogP contribution in [0.2, 0.25) is 0 Å². The highest BCUT2D eigenvalue weighted by molar-refractivity contribution is 6.05. The predicted molar refractivity (Wildman–Crippen MR) is 102 cm³/mol. The van der Waals surface area contributed by atoms with E-state index in [1.165, 1.54) is 5.56 Å². The Hall–Kier alpha value is -3.14. The van der Waals surface area contributed by atoms with Crippen LogP contribution >= 0.6 is 0 Å². The number of amides is 1. The number of benzene rings is 2. The van der Waals surface area contributed by atoms with Crippen molar-refractivity contribution in [2.45, 2.75) is 20.4 Å². The molecule has 0 atom stereocenters. The van der Waals surface area contributed by atoms with Crippen LogP contribution < -0.4 is 10.6 Å². The Morgan fingerprint density at radius 3 is 2.60 bits per heavy atom. The van der Waals surface area contributed by atoms with Gasteiger partial charge in [0.2, 0.25) is 0 Å². The molecule has 1 aromatic heterocycles. The topological polar surface area (TPSA) is 54.0 Å². The summed E-state index contributed by atoms with van der Waals surface area (Å²) in [5, 5.41) is 6.26. The first kappa shape index (κ1) is 16.7. The van der Waals surface area contributed by atoms with Crippen molar-refractivity contribution in [2.24, 2.45) is 0 Å². The van der Waals surface area contributed by atoms with Gasteiger partial charge in [0.25, 0.3) is 5.91 Å². The van der Waals surface area contributed by atoms with Crippen LogP contribution in [0.4, 0.5) is 11.4 Å². The van der Waals surface area contributed by atoms with Gasteiger partial charge in [0.1, 0.15) is 0 Å². The van der Waals surface area contributed by atoms with E-state index in [2.05, 4.69) is 27.8 Å². The van der Waals surface area contributed by atoms with Crippen molar-refractivity contribution in [2.75, 3.05) is 10.6 Å². The minimum absolute atomic E-state index is 0.162. The number of hydrogen-bond donors (Lipinski definition) is 2. The zero-order chi connectivity index (χ0) is 17.6. The Morgan fingerprint density at radius 2 is 1.80 bits per heavy atom. The van der Waals surface area contributed by atoms with Crippen molar-refractivity contribution in [3.8, 4) is 0 Å². The lowest BCUT2D eigenvalue weighted by Gasteiger charge is -2.11. The highest BCUT2D eigenvalue weighted by atomic mass is 16.1. The maximum Gasteiger partial charge on any atom is 0.257 e. The maximum absolute atomic E-state index is 12.5. The number of aryl methyl sites for hydroxylation is 2. The van der Waals surface area contributed by atoms with Gasteiger partial charge >= 0.3 is 0 Å². The number of pyridine rings is 1. The average molecular weight is 331 g/mol. The van der Waals surface area contributed by atoms with Gasteiger partial charge in [0.05, 0.1) is 11.3 Å². The largest absolute Gasteiger partial charge is 0.380 e. The molecule has 0 bridgehead atoms. The third-order valence-electron chi connectivity index (χ3n) is 3.98. The molecule has 0 aliphatic carbocycles. The van der Waals surface area contributed by atoms with Crippen molar-refractivity contribution < 1.29 is 4.79 Å². The summed E-state index contributed by atoms with van der Waals surface area (Å²) in [4.78, 5) is 16.7. The summed E-state index contributed by atoms with van der Waals surface area (Å²) in [5.41, 5.74) is 5.49. The highest BCUT2D eigenvalue weighted by Gasteiger charge is 2.09. The van der Waals surface area contributed by atoms with Crippen LogP contribution in [0.25, 0.3) is 0 Å². The molecule has 0 saturated heterocycles. The van der Waals surface area contributed by atoms with E-state index in [4.69, 9.17) is 0 Å². The van der Waals surface area contributed by atoms with E-state index in [9.17, 15) is 4.79 Å². The predicted octanol–water partition coefficient (Wildman–Crippen LogP) is 4.56. The van der Waals surface area contributed by atoms with Crippen LogP contribution in [0.1, 0.15) is 27.0 Å². The first-order valence-corrected chi connectivity index (χ1v) is 8.23. The average Bonchev–Trinajstić information content (AvgIpc) is 2.64. The second-order valence-electron chi connectivity index (χ2n) is 6.07. The quantitative estimate of drug-likeness (QED) is 0.720.